The van der Waals surface area contributed by atoms with Crippen molar-refractivity contribution in [3.63, 3.8) is 0 Å². The first-order valence-corrected chi connectivity index (χ1v) is 13.9. The Bertz CT molecular complexity index is 1090. The maximum absolute atomic E-state index is 12.5. The smallest absolute Gasteiger partial charge is 0.255 e. The monoisotopic (exact) mass is 560 g/mol. The van der Waals surface area contributed by atoms with Gasteiger partial charge in [-0.05, 0) is 59.1 Å². The van der Waals surface area contributed by atoms with Gasteiger partial charge in [-0.2, -0.15) is 0 Å². The molecule has 0 spiro atoms. The number of benzene rings is 2. The zero-order valence-electron chi connectivity index (χ0n) is 23.1. The molecule has 6 rings (SSSR count). The van der Waals surface area contributed by atoms with E-state index in [4.69, 9.17) is 0 Å². The fraction of sp³-hybridized carbons (Fsp3) is 0.533. The molecule has 2 atom stereocenters. The van der Waals surface area contributed by atoms with Gasteiger partial charge in [-0.15, -0.1) is 24.8 Å². The van der Waals surface area contributed by atoms with Crippen LogP contribution in [0.15, 0.2) is 24.3 Å². The molecule has 2 aromatic rings. The van der Waals surface area contributed by atoms with Gasteiger partial charge in [-0.3, -0.25) is 9.59 Å². The van der Waals surface area contributed by atoms with E-state index in [2.05, 4.69) is 62.6 Å². The van der Waals surface area contributed by atoms with E-state index >= 15 is 0 Å². The Morgan fingerprint density at radius 2 is 1.05 bits per heavy atom. The van der Waals surface area contributed by atoms with E-state index in [-0.39, 0.29) is 48.7 Å². The highest BCUT2D eigenvalue weighted by Crippen LogP contribution is 2.38. The number of nitrogens with zero attached hydrogens (tertiary/aromatic N) is 2. The van der Waals surface area contributed by atoms with Crippen molar-refractivity contribution in [2.45, 2.75) is 65.5 Å². The molecule has 4 aliphatic rings. The van der Waals surface area contributed by atoms with Crippen LogP contribution in [0.5, 0.6) is 0 Å². The second-order valence-electron chi connectivity index (χ2n) is 10.3. The number of amides is 2. The molecule has 2 aromatic carbocycles. The quantitative estimate of drug-likeness (QED) is 0.570. The highest BCUT2D eigenvalue weighted by Gasteiger charge is 2.40. The third kappa shape index (κ3) is 5.21. The van der Waals surface area contributed by atoms with Gasteiger partial charge in [0, 0.05) is 50.4 Å². The molecule has 8 heteroatoms. The number of piperazine rings is 2. The van der Waals surface area contributed by atoms with Crippen molar-refractivity contribution in [1.82, 2.24) is 20.4 Å². The van der Waals surface area contributed by atoms with Crippen LogP contribution in [0.3, 0.4) is 0 Å². The predicted molar refractivity (Wildman–Crippen MR) is 158 cm³/mol. The molecule has 208 valence electrons. The van der Waals surface area contributed by atoms with Crippen molar-refractivity contribution in [2.75, 3.05) is 39.3 Å². The first kappa shape index (κ1) is 30.4. The Morgan fingerprint density at radius 1 is 0.658 bits per heavy atom. The van der Waals surface area contributed by atoms with Gasteiger partial charge in [0.15, 0.2) is 0 Å². The summed E-state index contributed by atoms with van der Waals surface area (Å²) in [6.45, 7) is 13.9. The van der Waals surface area contributed by atoms with Crippen LogP contribution in [0.25, 0.3) is 0 Å². The average Bonchev–Trinajstić information content (AvgIpc) is 3.39. The summed E-state index contributed by atoms with van der Waals surface area (Å²) in [4.78, 5) is 29.1. The Labute approximate surface area is 239 Å². The lowest BCUT2D eigenvalue weighted by Crippen LogP contribution is -2.44. The standard InChI is InChI=1S/2C15H20N2O.2ClH/c2*1-3-10-7-11(4-2)14-12(8-10)13-9-16-5-6-17(13)15(14)18;;/h2*7-8,13,16H,3-6,9H2,1-2H3;2*1H/t2*13-;;/m10../s1. The molecule has 38 heavy (non-hydrogen) atoms. The third-order valence-electron chi connectivity index (χ3n) is 8.35. The molecule has 0 aliphatic carbocycles. The van der Waals surface area contributed by atoms with E-state index < -0.39 is 0 Å². The summed E-state index contributed by atoms with van der Waals surface area (Å²) in [7, 11) is 0. The molecule has 4 heterocycles. The topological polar surface area (TPSA) is 64.7 Å². The SMILES string of the molecule is CCc1cc(CC)c2c(c1)[C@@H]1CNCCN1C2=O.CCc1cc(CC)c2c(c1)[C@H]1CNCCN1C2=O.Cl.Cl. The number of aryl methyl sites for hydroxylation is 4. The molecule has 4 aliphatic heterocycles. The molecule has 0 aromatic heterocycles. The second kappa shape index (κ2) is 12.8. The second-order valence-corrected chi connectivity index (χ2v) is 10.3. The number of nitrogens with one attached hydrogen (secondary N) is 2. The summed E-state index contributed by atoms with van der Waals surface area (Å²) in [5, 5.41) is 6.80. The molecular weight excluding hydrogens is 519 g/mol. The van der Waals surface area contributed by atoms with Gasteiger partial charge in [-0.25, -0.2) is 0 Å². The van der Waals surface area contributed by atoms with E-state index in [9.17, 15) is 9.59 Å². The number of halogens is 2. The van der Waals surface area contributed by atoms with Crippen LogP contribution in [0.2, 0.25) is 0 Å². The fourth-order valence-electron chi connectivity index (χ4n) is 6.34. The van der Waals surface area contributed by atoms with E-state index in [1.807, 2.05) is 9.80 Å². The maximum Gasteiger partial charge on any atom is 0.255 e. The normalized spacial score (nSPS) is 20.8. The van der Waals surface area contributed by atoms with Crippen molar-refractivity contribution in [3.8, 4) is 0 Å². The maximum atomic E-state index is 12.5. The predicted octanol–water partition coefficient (Wildman–Crippen LogP) is 4.67. The van der Waals surface area contributed by atoms with Crippen molar-refractivity contribution in [3.05, 3.63) is 68.8 Å². The van der Waals surface area contributed by atoms with Gasteiger partial charge < -0.3 is 20.4 Å². The Morgan fingerprint density at radius 3 is 1.39 bits per heavy atom. The van der Waals surface area contributed by atoms with Crippen molar-refractivity contribution >= 4 is 36.6 Å². The Kier molecular flexibility index (Phi) is 10.3. The molecule has 2 amide bonds. The van der Waals surface area contributed by atoms with E-state index in [1.54, 1.807) is 0 Å². The van der Waals surface area contributed by atoms with Gasteiger partial charge in [0.05, 0.1) is 12.1 Å². The van der Waals surface area contributed by atoms with Crippen molar-refractivity contribution < 1.29 is 9.59 Å². The van der Waals surface area contributed by atoms with Crippen LogP contribution in [0.1, 0.15) is 93.9 Å². The molecule has 6 nitrogen and oxygen atoms in total. The molecular formula is C30H42Cl2N4O2. The lowest BCUT2D eigenvalue weighted by molar-refractivity contribution is 0.0683. The average molecular weight is 562 g/mol. The van der Waals surface area contributed by atoms with Crippen LogP contribution < -0.4 is 10.6 Å². The summed E-state index contributed by atoms with van der Waals surface area (Å²) in [6.07, 6.45) is 3.95. The summed E-state index contributed by atoms with van der Waals surface area (Å²) < 4.78 is 0. The number of hydrogen-bond donors (Lipinski definition) is 2. The number of carbonyl (C=O) groups excluding carboxylic acids is 2. The molecule has 2 saturated heterocycles. The largest absolute Gasteiger partial charge is 0.329 e. The fourth-order valence-corrected chi connectivity index (χ4v) is 6.34. The third-order valence-corrected chi connectivity index (χ3v) is 8.35. The van der Waals surface area contributed by atoms with Gasteiger partial charge in [0.1, 0.15) is 0 Å². The zero-order chi connectivity index (χ0) is 25.4. The molecule has 2 fully saturated rings. The van der Waals surface area contributed by atoms with Crippen LogP contribution in [-0.4, -0.2) is 60.9 Å². The highest BCUT2D eigenvalue weighted by molar-refractivity contribution is 6.01. The van der Waals surface area contributed by atoms with Crippen LogP contribution >= 0.6 is 24.8 Å². The lowest BCUT2D eigenvalue weighted by atomic mass is 9.94. The minimum atomic E-state index is 0. The molecule has 0 unspecified atom stereocenters. The number of carbonyl (C=O) groups is 2. The molecule has 2 N–H and O–H groups in total. The van der Waals surface area contributed by atoms with E-state index in [0.29, 0.717) is 0 Å². The summed E-state index contributed by atoms with van der Waals surface area (Å²) in [5.74, 6) is 0.493. The van der Waals surface area contributed by atoms with Crippen LogP contribution in [0.4, 0.5) is 0 Å². The van der Waals surface area contributed by atoms with Crippen molar-refractivity contribution in [1.29, 1.82) is 0 Å². The van der Waals surface area contributed by atoms with Gasteiger partial charge >= 0.3 is 0 Å². The van der Waals surface area contributed by atoms with E-state index in [0.717, 1.165) is 76.1 Å². The van der Waals surface area contributed by atoms with Gasteiger partial charge in [0.2, 0.25) is 0 Å². The summed E-state index contributed by atoms with van der Waals surface area (Å²) >= 11 is 0. The molecule has 0 bridgehead atoms. The highest BCUT2D eigenvalue weighted by atomic mass is 35.5. The first-order chi connectivity index (χ1) is 17.5. The summed E-state index contributed by atoms with van der Waals surface area (Å²) in [5.41, 5.74) is 9.64. The van der Waals surface area contributed by atoms with Gasteiger partial charge in [-0.1, -0.05) is 52.0 Å². The van der Waals surface area contributed by atoms with Crippen LogP contribution in [0, 0.1) is 0 Å². The molecule has 0 radical (unpaired) electrons. The zero-order valence-corrected chi connectivity index (χ0v) is 24.7. The first-order valence-electron chi connectivity index (χ1n) is 13.9. The van der Waals surface area contributed by atoms with Crippen molar-refractivity contribution in [2.24, 2.45) is 0 Å². The Balaban J connectivity index is 0.000000200. The number of rotatable bonds is 4. The number of fused-ring (bicyclic) bond motifs is 6. The van der Waals surface area contributed by atoms with Gasteiger partial charge in [0.25, 0.3) is 11.8 Å². The lowest BCUT2D eigenvalue weighted by Gasteiger charge is -2.30. The van der Waals surface area contributed by atoms with E-state index in [1.165, 1.54) is 33.4 Å². The molecule has 0 saturated carbocycles. The Hall–Kier alpha value is -2.12. The number of hydrogen-bond acceptors (Lipinski definition) is 4. The minimum absolute atomic E-state index is 0. The van der Waals surface area contributed by atoms with Crippen LogP contribution in [-0.2, 0) is 25.7 Å². The minimum Gasteiger partial charge on any atom is -0.329 e. The summed E-state index contributed by atoms with van der Waals surface area (Å²) in [6, 6.07) is 9.43.